The lowest BCUT2D eigenvalue weighted by molar-refractivity contribution is 0.158. The summed E-state index contributed by atoms with van der Waals surface area (Å²) >= 11 is 0. The first-order valence-corrected chi connectivity index (χ1v) is 4.62. The summed E-state index contributed by atoms with van der Waals surface area (Å²) in [5, 5.41) is 2.61. The van der Waals surface area contributed by atoms with Crippen molar-refractivity contribution < 1.29 is 17.9 Å². The monoisotopic (exact) mass is 219 g/mol. The highest BCUT2D eigenvalue weighted by atomic mass is 19.2. The van der Waals surface area contributed by atoms with Crippen LogP contribution < -0.4 is 5.32 Å². The SMILES string of the molecule is CCOCCNc1ccc(F)c(F)c1F. The van der Waals surface area contributed by atoms with Gasteiger partial charge < -0.3 is 10.1 Å². The number of benzene rings is 1. The van der Waals surface area contributed by atoms with Crippen molar-refractivity contribution in [3.05, 3.63) is 29.6 Å². The second-order valence-electron chi connectivity index (χ2n) is 2.85. The Morgan fingerprint density at radius 1 is 1.20 bits per heavy atom. The highest BCUT2D eigenvalue weighted by Gasteiger charge is 2.12. The molecule has 0 aliphatic carbocycles. The van der Waals surface area contributed by atoms with Gasteiger partial charge in [-0.1, -0.05) is 0 Å². The zero-order chi connectivity index (χ0) is 11.3. The number of rotatable bonds is 5. The van der Waals surface area contributed by atoms with Crippen LogP contribution in [-0.2, 0) is 4.74 Å². The molecule has 84 valence electrons. The summed E-state index contributed by atoms with van der Waals surface area (Å²) in [7, 11) is 0. The number of halogens is 3. The minimum atomic E-state index is -1.46. The third-order valence-electron chi connectivity index (χ3n) is 1.80. The topological polar surface area (TPSA) is 21.3 Å². The highest BCUT2D eigenvalue weighted by Crippen LogP contribution is 2.19. The van der Waals surface area contributed by atoms with Crippen molar-refractivity contribution in [3.63, 3.8) is 0 Å². The van der Waals surface area contributed by atoms with Gasteiger partial charge in [0.2, 0.25) is 0 Å². The lowest BCUT2D eigenvalue weighted by Crippen LogP contribution is -2.11. The zero-order valence-corrected chi connectivity index (χ0v) is 8.32. The molecule has 0 bridgehead atoms. The van der Waals surface area contributed by atoms with Crippen molar-refractivity contribution in [2.45, 2.75) is 6.92 Å². The van der Waals surface area contributed by atoms with E-state index in [0.717, 1.165) is 12.1 Å². The predicted molar refractivity (Wildman–Crippen MR) is 51.3 cm³/mol. The molecule has 15 heavy (non-hydrogen) atoms. The highest BCUT2D eigenvalue weighted by molar-refractivity contribution is 5.45. The second-order valence-corrected chi connectivity index (χ2v) is 2.85. The van der Waals surface area contributed by atoms with Crippen molar-refractivity contribution in [3.8, 4) is 0 Å². The Balaban J connectivity index is 2.58. The van der Waals surface area contributed by atoms with Crippen LogP contribution in [0.25, 0.3) is 0 Å². The minimum absolute atomic E-state index is 0.0615. The Kier molecular flexibility index (Phi) is 4.42. The molecular formula is C10H12F3NO. The summed E-state index contributed by atoms with van der Waals surface area (Å²) in [6.45, 7) is 3.12. The molecule has 2 nitrogen and oxygen atoms in total. The zero-order valence-electron chi connectivity index (χ0n) is 8.32. The van der Waals surface area contributed by atoms with Gasteiger partial charge in [0, 0.05) is 13.2 Å². The minimum Gasteiger partial charge on any atom is -0.380 e. The molecule has 1 aromatic rings. The van der Waals surface area contributed by atoms with Gasteiger partial charge in [0.25, 0.3) is 0 Å². The van der Waals surface area contributed by atoms with E-state index < -0.39 is 17.5 Å². The first-order chi connectivity index (χ1) is 7.16. The first kappa shape index (κ1) is 11.8. The lowest BCUT2D eigenvalue weighted by Gasteiger charge is -2.08. The van der Waals surface area contributed by atoms with Gasteiger partial charge >= 0.3 is 0 Å². The number of hydrogen-bond donors (Lipinski definition) is 1. The van der Waals surface area contributed by atoms with Gasteiger partial charge in [0.15, 0.2) is 17.5 Å². The summed E-state index contributed by atoms with van der Waals surface area (Å²) in [5.74, 6) is -3.86. The maximum absolute atomic E-state index is 13.1. The van der Waals surface area contributed by atoms with E-state index in [2.05, 4.69) is 5.32 Å². The van der Waals surface area contributed by atoms with E-state index in [1.807, 2.05) is 6.92 Å². The molecule has 0 aliphatic heterocycles. The van der Waals surface area contributed by atoms with E-state index >= 15 is 0 Å². The average molecular weight is 219 g/mol. The molecule has 0 amide bonds. The van der Waals surface area contributed by atoms with Gasteiger partial charge in [-0.15, -0.1) is 0 Å². The molecule has 1 aromatic carbocycles. The Labute approximate surface area is 86.1 Å². The van der Waals surface area contributed by atoms with Crippen LogP contribution in [0.4, 0.5) is 18.9 Å². The number of hydrogen-bond acceptors (Lipinski definition) is 2. The molecule has 0 fully saturated rings. The van der Waals surface area contributed by atoms with E-state index in [1.165, 1.54) is 0 Å². The van der Waals surface area contributed by atoms with Crippen LogP contribution in [0.15, 0.2) is 12.1 Å². The molecule has 0 aromatic heterocycles. The molecule has 5 heteroatoms. The molecule has 1 N–H and O–H groups in total. The quantitative estimate of drug-likeness (QED) is 0.607. The van der Waals surface area contributed by atoms with Crippen molar-refractivity contribution in [1.29, 1.82) is 0 Å². The Bertz CT molecular complexity index is 331. The molecule has 0 heterocycles. The van der Waals surface area contributed by atoms with Crippen molar-refractivity contribution in [1.82, 2.24) is 0 Å². The van der Waals surface area contributed by atoms with Gasteiger partial charge in [-0.2, -0.15) is 0 Å². The van der Waals surface area contributed by atoms with Crippen LogP contribution in [0.2, 0.25) is 0 Å². The van der Waals surface area contributed by atoms with Crippen LogP contribution >= 0.6 is 0 Å². The van der Waals surface area contributed by atoms with Gasteiger partial charge in [-0.3, -0.25) is 0 Å². The van der Waals surface area contributed by atoms with E-state index in [0.29, 0.717) is 19.8 Å². The van der Waals surface area contributed by atoms with E-state index in [9.17, 15) is 13.2 Å². The second kappa shape index (κ2) is 5.60. The number of nitrogens with one attached hydrogen (secondary N) is 1. The number of ether oxygens (including phenoxy) is 1. The van der Waals surface area contributed by atoms with Gasteiger partial charge in [0.1, 0.15) is 0 Å². The summed E-state index contributed by atoms with van der Waals surface area (Å²) in [4.78, 5) is 0. The van der Waals surface area contributed by atoms with E-state index in [-0.39, 0.29) is 5.69 Å². The largest absolute Gasteiger partial charge is 0.380 e. The van der Waals surface area contributed by atoms with Crippen LogP contribution in [0.3, 0.4) is 0 Å². The molecule has 0 aliphatic rings. The lowest BCUT2D eigenvalue weighted by atomic mass is 10.3. The fourth-order valence-electron chi connectivity index (χ4n) is 1.06. The molecule has 0 atom stereocenters. The fourth-order valence-corrected chi connectivity index (χ4v) is 1.06. The maximum atomic E-state index is 13.1. The summed E-state index contributed by atoms with van der Waals surface area (Å²) in [6.07, 6.45) is 0. The van der Waals surface area contributed by atoms with Crippen molar-refractivity contribution in [2.24, 2.45) is 0 Å². The van der Waals surface area contributed by atoms with Crippen molar-refractivity contribution >= 4 is 5.69 Å². The van der Waals surface area contributed by atoms with Gasteiger partial charge in [-0.25, -0.2) is 13.2 Å². The Hall–Kier alpha value is -1.23. The number of anilines is 1. The molecule has 0 spiro atoms. The predicted octanol–water partition coefficient (Wildman–Crippen LogP) is 2.55. The molecule has 1 rings (SSSR count). The third kappa shape index (κ3) is 3.13. The molecule has 0 saturated heterocycles. The summed E-state index contributed by atoms with van der Waals surface area (Å²) in [5.41, 5.74) is -0.0615. The van der Waals surface area contributed by atoms with Gasteiger partial charge in [0.05, 0.1) is 12.3 Å². The molecule has 0 radical (unpaired) electrons. The Morgan fingerprint density at radius 3 is 2.60 bits per heavy atom. The maximum Gasteiger partial charge on any atom is 0.196 e. The normalized spacial score (nSPS) is 10.4. The molecular weight excluding hydrogens is 207 g/mol. The standard InChI is InChI=1S/C10H12F3NO/c1-2-15-6-5-14-8-4-3-7(11)9(12)10(8)13/h3-4,14H,2,5-6H2,1H3. The van der Waals surface area contributed by atoms with Crippen LogP contribution in [-0.4, -0.2) is 19.8 Å². The summed E-state index contributed by atoms with van der Waals surface area (Å²) < 4.78 is 43.3. The molecule has 0 unspecified atom stereocenters. The van der Waals surface area contributed by atoms with E-state index in [1.54, 1.807) is 0 Å². The van der Waals surface area contributed by atoms with Crippen LogP contribution in [0.1, 0.15) is 6.92 Å². The van der Waals surface area contributed by atoms with Crippen molar-refractivity contribution in [2.75, 3.05) is 25.1 Å². The smallest absolute Gasteiger partial charge is 0.196 e. The third-order valence-corrected chi connectivity index (χ3v) is 1.80. The van der Waals surface area contributed by atoms with Gasteiger partial charge in [-0.05, 0) is 19.1 Å². The fraction of sp³-hybridized carbons (Fsp3) is 0.400. The summed E-state index contributed by atoms with van der Waals surface area (Å²) in [6, 6.07) is 2.03. The molecule has 0 saturated carbocycles. The van der Waals surface area contributed by atoms with Crippen LogP contribution in [0, 0.1) is 17.5 Å². The van der Waals surface area contributed by atoms with Crippen LogP contribution in [0.5, 0.6) is 0 Å². The first-order valence-electron chi connectivity index (χ1n) is 4.62. The average Bonchev–Trinajstić information content (AvgIpc) is 2.24. The van der Waals surface area contributed by atoms with E-state index in [4.69, 9.17) is 4.74 Å². The Morgan fingerprint density at radius 2 is 1.93 bits per heavy atom.